The van der Waals surface area contributed by atoms with Gasteiger partial charge in [-0.2, -0.15) is 0 Å². The number of aromatic amines is 1. The van der Waals surface area contributed by atoms with Gasteiger partial charge in [-0.05, 0) is 30.7 Å². The summed E-state index contributed by atoms with van der Waals surface area (Å²) in [4.78, 5) is 28.8. The van der Waals surface area contributed by atoms with E-state index in [1.54, 1.807) is 24.7 Å². The number of H-pyrrole nitrogens is 1. The molecule has 0 unspecified atom stereocenters. The van der Waals surface area contributed by atoms with E-state index in [0.29, 0.717) is 17.9 Å². The van der Waals surface area contributed by atoms with Gasteiger partial charge >= 0.3 is 0 Å². The van der Waals surface area contributed by atoms with E-state index in [0.717, 1.165) is 39.2 Å². The molecule has 0 saturated carbocycles. The number of benzene rings is 1. The Bertz CT molecular complexity index is 1350. The standard InChI is InChI=1S/C24H19N5O2/c1-15-23-21(8-11-26-15)27-24(28-23)18-4-2-16(3-5-18)12-19(30)13-20-14-22(29-31-20)17-6-9-25-10-7-17/h2-11,14H,12-13H2,1H3,(H,27,28). The van der Waals surface area contributed by atoms with Crippen molar-refractivity contribution in [3.63, 3.8) is 0 Å². The molecule has 1 N–H and O–H groups in total. The van der Waals surface area contributed by atoms with Crippen LogP contribution in [0.25, 0.3) is 33.7 Å². The molecule has 7 heteroatoms. The summed E-state index contributed by atoms with van der Waals surface area (Å²) in [6.07, 6.45) is 5.69. The van der Waals surface area contributed by atoms with Crippen LogP contribution in [0.15, 0.2) is 71.6 Å². The molecule has 0 radical (unpaired) electrons. The summed E-state index contributed by atoms with van der Waals surface area (Å²) in [6.45, 7) is 1.94. The van der Waals surface area contributed by atoms with Crippen molar-refractivity contribution >= 4 is 16.8 Å². The monoisotopic (exact) mass is 409 g/mol. The number of fused-ring (bicyclic) bond motifs is 1. The van der Waals surface area contributed by atoms with Gasteiger partial charge in [-0.1, -0.05) is 29.4 Å². The maximum absolute atomic E-state index is 12.5. The first kappa shape index (κ1) is 18.9. The van der Waals surface area contributed by atoms with Gasteiger partial charge in [0.05, 0.1) is 17.6 Å². The van der Waals surface area contributed by atoms with Crippen molar-refractivity contribution in [1.29, 1.82) is 0 Å². The quantitative estimate of drug-likeness (QED) is 0.448. The van der Waals surface area contributed by atoms with Crippen LogP contribution in [0.2, 0.25) is 0 Å². The summed E-state index contributed by atoms with van der Waals surface area (Å²) in [5.41, 5.74) is 6.23. The van der Waals surface area contributed by atoms with E-state index in [1.807, 2.05) is 49.4 Å². The lowest BCUT2D eigenvalue weighted by molar-refractivity contribution is -0.118. The highest BCUT2D eigenvalue weighted by atomic mass is 16.5. The van der Waals surface area contributed by atoms with Gasteiger partial charge < -0.3 is 9.51 Å². The van der Waals surface area contributed by atoms with Crippen LogP contribution >= 0.6 is 0 Å². The highest BCUT2D eigenvalue weighted by Gasteiger charge is 2.12. The fourth-order valence-corrected chi connectivity index (χ4v) is 3.52. The molecule has 152 valence electrons. The number of hydrogen-bond acceptors (Lipinski definition) is 6. The van der Waals surface area contributed by atoms with Gasteiger partial charge in [-0.15, -0.1) is 0 Å². The predicted octanol–water partition coefficient (Wildman–Crippen LogP) is 4.34. The molecule has 0 amide bonds. The van der Waals surface area contributed by atoms with Gasteiger partial charge in [0.15, 0.2) is 0 Å². The highest BCUT2D eigenvalue weighted by molar-refractivity contribution is 5.83. The zero-order chi connectivity index (χ0) is 21.2. The second kappa shape index (κ2) is 7.95. The SMILES string of the molecule is Cc1nccc2[nH]c(-c3ccc(CC(=O)Cc4cc(-c5ccncc5)no4)cc3)nc12. The predicted molar refractivity (Wildman–Crippen MR) is 116 cm³/mol. The van der Waals surface area contributed by atoms with Crippen LogP contribution in [0.4, 0.5) is 0 Å². The van der Waals surface area contributed by atoms with Crippen LogP contribution in [0.1, 0.15) is 17.0 Å². The second-order valence-electron chi connectivity index (χ2n) is 7.38. The topological polar surface area (TPSA) is 97.6 Å². The third-order valence-electron chi connectivity index (χ3n) is 5.12. The van der Waals surface area contributed by atoms with Gasteiger partial charge in [0, 0.05) is 42.2 Å². The number of Topliss-reactive ketones (excluding diaryl/α,β-unsaturated/α-hetero) is 1. The number of carbonyl (C=O) groups excluding carboxylic acids is 1. The van der Waals surface area contributed by atoms with Crippen molar-refractivity contribution in [2.24, 2.45) is 0 Å². The Morgan fingerprint density at radius 1 is 0.968 bits per heavy atom. The number of aryl methyl sites for hydroxylation is 1. The molecule has 5 rings (SSSR count). The Morgan fingerprint density at radius 2 is 1.77 bits per heavy atom. The summed E-state index contributed by atoms with van der Waals surface area (Å²) in [5.74, 6) is 1.41. The number of aromatic nitrogens is 5. The molecule has 0 fully saturated rings. The van der Waals surface area contributed by atoms with Crippen LogP contribution in [0.5, 0.6) is 0 Å². The molecule has 0 saturated heterocycles. The van der Waals surface area contributed by atoms with Crippen molar-refractivity contribution in [2.45, 2.75) is 19.8 Å². The molecule has 0 aliphatic heterocycles. The van der Waals surface area contributed by atoms with Crippen LogP contribution in [0.3, 0.4) is 0 Å². The zero-order valence-corrected chi connectivity index (χ0v) is 16.9. The summed E-state index contributed by atoms with van der Waals surface area (Å²) in [6, 6.07) is 15.3. The van der Waals surface area contributed by atoms with Gasteiger partial charge in [0.1, 0.15) is 28.6 Å². The third-order valence-corrected chi connectivity index (χ3v) is 5.12. The summed E-state index contributed by atoms with van der Waals surface area (Å²) < 4.78 is 5.33. The maximum atomic E-state index is 12.5. The highest BCUT2D eigenvalue weighted by Crippen LogP contribution is 2.22. The molecule has 31 heavy (non-hydrogen) atoms. The third kappa shape index (κ3) is 3.98. The van der Waals surface area contributed by atoms with Crippen molar-refractivity contribution in [2.75, 3.05) is 0 Å². The lowest BCUT2D eigenvalue weighted by Gasteiger charge is -2.02. The van der Waals surface area contributed by atoms with E-state index in [-0.39, 0.29) is 12.2 Å². The van der Waals surface area contributed by atoms with Crippen molar-refractivity contribution in [3.8, 4) is 22.6 Å². The number of ketones is 1. The van der Waals surface area contributed by atoms with Crippen LogP contribution < -0.4 is 0 Å². The molecular formula is C24H19N5O2. The Morgan fingerprint density at radius 3 is 2.55 bits per heavy atom. The number of hydrogen-bond donors (Lipinski definition) is 1. The van der Waals surface area contributed by atoms with Crippen molar-refractivity contribution < 1.29 is 9.32 Å². The molecule has 7 nitrogen and oxygen atoms in total. The minimum absolute atomic E-state index is 0.0654. The maximum Gasteiger partial charge on any atom is 0.144 e. The molecule has 0 spiro atoms. The van der Waals surface area contributed by atoms with E-state index >= 15 is 0 Å². The molecule has 0 bridgehead atoms. The number of nitrogens with one attached hydrogen (secondary N) is 1. The van der Waals surface area contributed by atoms with Gasteiger partial charge in [-0.3, -0.25) is 14.8 Å². The number of rotatable bonds is 6. The average molecular weight is 409 g/mol. The minimum atomic E-state index is 0.0654. The molecule has 4 heterocycles. The fraction of sp³-hybridized carbons (Fsp3) is 0.125. The van der Waals surface area contributed by atoms with Crippen LogP contribution in [-0.2, 0) is 17.6 Å². The Balaban J connectivity index is 1.26. The molecule has 0 aliphatic carbocycles. The molecule has 1 aromatic carbocycles. The molecule has 5 aromatic rings. The smallest absolute Gasteiger partial charge is 0.144 e. The van der Waals surface area contributed by atoms with E-state index in [1.165, 1.54) is 0 Å². The van der Waals surface area contributed by atoms with Crippen molar-refractivity contribution in [1.82, 2.24) is 25.1 Å². The fourth-order valence-electron chi connectivity index (χ4n) is 3.52. The molecule has 0 atom stereocenters. The lowest BCUT2D eigenvalue weighted by atomic mass is 10.0. The number of nitrogens with zero attached hydrogens (tertiary/aromatic N) is 4. The Kier molecular flexibility index (Phi) is 4.84. The second-order valence-corrected chi connectivity index (χ2v) is 7.38. The van der Waals surface area contributed by atoms with Crippen LogP contribution in [0, 0.1) is 6.92 Å². The Hall–Kier alpha value is -4.13. The first-order valence-corrected chi connectivity index (χ1v) is 9.94. The Labute approximate surface area is 178 Å². The molecular weight excluding hydrogens is 390 g/mol. The zero-order valence-electron chi connectivity index (χ0n) is 16.9. The molecule has 4 aromatic heterocycles. The summed E-state index contributed by atoms with van der Waals surface area (Å²) >= 11 is 0. The normalized spacial score (nSPS) is 11.1. The van der Waals surface area contributed by atoms with Gasteiger partial charge in [-0.25, -0.2) is 4.98 Å². The number of pyridine rings is 2. The number of carbonyl (C=O) groups is 1. The van der Waals surface area contributed by atoms with E-state index in [2.05, 4.69) is 25.1 Å². The summed E-state index contributed by atoms with van der Waals surface area (Å²) in [5, 5.41) is 4.05. The van der Waals surface area contributed by atoms with E-state index < -0.39 is 0 Å². The van der Waals surface area contributed by atoms with Crippen molar-refractivity contribution in [3.05, 3.63) is 84.1 Å². The molecule has 0 aliphatic rings. The van der Waals surface area contributed by atoms with Gasteiger partial charge in [0.25, 0.3) is 0 Å². The van der Waals surface area contributed by atoms with Gasteiger partial charge in [0.2, 0.25) is 0 Å². The summed E-state index contributed by atoms with van der Waals surface area (Å²) in [7, 11) is 0. The minimum Gasteiger partial charge on any atom is -0.360 e. The first-order valence-electron chi connectivity index (χ1n) is 9.94. The van der Waals surface area contributed by atoms with E-state index in [4.69, 9.17) is 4.52 Å². The van der Waals surface area contributed by atoms with Crippen LogP contribution in [-0.4, -0.2) is 30.9 Å². The first-order chi connectivity index (χ1) is 15.2. The number of imidazole rings is 1. The largest absolute Gasteiger partial charge is 0.360 e. The van der Waals surface area contributed by atoms with E-state index in [9.17, 15) is 4.79 Å². The average Bonchev–Trinajstić information content (AvgIpc) is 3.43. The lowest BCUT2D eigenvalue weighted by Crippen LogP contribution is -2.05.